The minimum atomic E-state index is -0.0761. The van der Waals surface area contributed by atoms with Crippen LogP contribution in [-0.4, -0.2) is 22.1 Å². The summed E-state index contributed by atoms with van der Waals surface area (Å²) < 4.78 is 0. The molecule has 1 unspecified atom stereocenters. The fraction of sp³-hybridized carbons (Fsp3) is 0.154. The normalized spacial score (nSPS) is 11.8. The van der Waals surface area contributed by atoms with E-state index < -0.39 is 0 Å². The smallest absolute Gasteiger partial charge is 0.251 e. The predicted molar refractivity (Wildman–Crippen MR) is 131 cm³/mol. The molecule has 0 aliphatic rings. The molecule has 0 aliphatic heterocycles. The van der Waals surface area contributed by atoms with Crippen molar-refractivity contribution < 1.29 is 4.79 Å². The maximum Gasteiger partial charge on any atom is 0.251 e. The van der Waals surface area contributed by atoms with Gasteiger partial charge >= 0.3 is 0 Å². The Balaban J connectivity index is 1.38. The van der Waals surface area contributed by atoms with Gasteiger partial charge in [0.05, 0.1) is 16.4 Å². The number of benzene rings is 3. The molecule has 0 saturated heterocycles. The van der Waals surface area contributed by atoms with Crippen molar-refractivity contribution in [3.05, 3.63) is 100 Å². The van der Waals surface area contributed by atoms with Gasteiger partial charge in [-0.05, 0) is 61.7 Å². The van der Waals surface area contributed by atoms with Gasteiger partial charge in [0.2, 0.25) is 0 Å². The van der Waals surface area contributed by atoms with E-state index in [2.05, 4.69) is 27.6 Å². The third-order valence-electron chi connectivity index (χ3n) is 5.33. The second-order valence-electron chi connectivity index (χ2n) is 7.77. The highest BCUT2D eigenvalue weighted by Crippen LogP contribution is 2.31. The average Bonchev–Trinajstić information content (AvgIpc) is 3.28. The van der Waals surface area contributed by atoms with Crippen LogP contribution < -0.4 is 5.32 Å². The second-order valence-corrected chi connectivity index (χ2v) is 8.61. The van der Waals surface area contributed by atoms with Crippen molar-refractivity contribution in [2.75, 3.05) is 0 Å². The largest absolute Gasteiger partial charge is 0.350 e. The molecule has 0 radical (unpaired) electrons. The quantitative estimate of drug-likeness (QED) is 0.316. The van der Waals surface area contributed by atoms with E-state index in [0.29, 0.717) is 15.6 Å². The SMILES string of the molecule is CC(CCc1ccccc1)NC(=O)c1ccc(-c2cc(-c3ccc(Cl)cc3Cl)[nH]n2)cc1. The van der Waals surface area contributed by atoms with E-state index in [4.69, 9.17) is 23.2 Å². The summed E-state index contributed by atoms with van der Waals surface area (Å²) in [4.78, 5) is 12.6. The van der Waals surface area contributed by atoms with Crippen molar-refractivity contribution in [3.8, 4) is 22.5 Å². The van der Waals surface area contributed by atoms with Crippen molar-refractivity contribution in [2.24, 2.45) is 0 Å². The Hall–Kier alpha value is -3.08. The molecule has 4 nitrogen and oxygen atoms in total. The number of rotatable bonds is 7. The van der Waals surface area contributed by atoms with E-state index in [0.717, 1.165) is 35.4 Å². The van der Waals surface area contributed by atoms with Crippen LogP contribution in [0.25, 0.3) is 22.5 Å². The molecule has 32 heavy (non-hydrogen) atoms. The lowest BCUT2D eigenvalue weighted by molar-refractivity contribution is 0.0938. The number of nitrogens with zero attached hydrogens (tertiary/aromatic N) is 1. The van der Waals surface area contributed by atoms with Crippen LogP contribution in [0.5, 0.6) is 0 Å². The molecule has 4 aromatic rings. The maximum absolute atomic E-state index is 12.6. The Bertz CT molecular complexity index is 1200. The molecule has 0 bridgehead atoms. The first-order valence-corrected chi connectivity index (χ1v) is 11.2. The van der Waals surface area contributed by atoms with Crippen molar-refractivity contribution in [3.63, 3.8) is 0 Å². The van der Waals surface area contributed by atoms with Gasteiger partial charge in [0.15, 0.2) is 0 Å². The zero-order chi connectivity index (χ0) is 22.5. The first kappa shape index (κ1) is 22.1. The fourth-order valence-corrected chi connectivity index (χ4v) is 4.03. The first-order chi connectivity index (χ1) is 15.5. The summed E-state index contributed by atoms with van der Waals surface area (Å²) >= 11 is 12.3. The molecule has 1 heterocycles. The number of halogens is 2. The summed E-state index contributed by atoms with van der Waals surface area (Å²) in [5.74, 6) is -0.0761. The number of H-pyrrole nitrogens is 1. The molecule has 0 spiro atoms. The van der Waals surface area contributed by atoms with Gasteiger partial charge in [-0.3, -0.25) is 9.89 Å². The zero-order valence-electron chi connectivity index (χ0n) is 17.6. The Labute approximate surface area is 197 Å². The molecule has 162 valence electrons. The fourth-order valence-electron chi connectivity index (χ4n) is 3.51. The van der Waals surface area contributed by atoms with E-state index >= 15 is 0 Å². The molecule has 2 N–H and O–H groups in total. The zero-order valence-corrected chi connectivity index (χ0v) is 19.1. The number of aromatic nitrogens is 2. The molecule has 0 fully saturated rings. The summed E-state index contributed by atoms with van der Waals surface area (Å²) in [7, 11) is 0. The van der Waals surface area contributed by atoms with Crippen molar-refractivity contribution in [2.45, 2.75) is 25.8 Å². The Morgan fingerprint density at radius 1 is 1.00 bits per heavy atom. The highest BCUT2D eigenvalue weighted by Gasteiger charge is 2.12. The topological polar surface area (TPSA) is 57.8 Å². The standard InChI is InChI=1S/C26H23Cl2N3O/c1-17(7-8-18-5-3-2-4-6-18)29-26(32)20-11-9-19(10-12-20)24-16-25(31-30-24)22-14-13-21(27)15-23(22)28/h2-6,9-17H,7-8H2,1H3,(H,29,32)(H,30,31). The monoisotopic (exact) mass is 463 g/mol. The molecule has 6 heteroatoms. The van der Waals surface area contributed by atoms with E-state index in [9.17, 15) is 4.79 Å². The van der Waals surface area contributed by atoms with Gasteiger partial charge < -0.3 is 5.32 Å². The van der Waals surface area contributed by atoms with E-state index in [1.807, 2.05) is 61.5 Å². The summed E-state index contributed by atoms with van der Waals surface area (Å²) in [5, 5.41) is 11.6. The Morgan fingerprint density at radius 2 is 1.75 bits per heavy atom. The van der Waals surface area contributed by atoms with Gasteiger partial charge in [0, 0.05) is 27.8 Å². The van der Waals surface area contributed by atoms with Crippen LogP contribution >= 0.6 is 23.2 Å². The molecular weight excluding hydrogens is 441 g/mol. The predicted octanol–water partition coefficient (Wildman–Crippen LogP) is 6.80. The molecule has 4 rings (SSSR count). The lowest BCUT2D eigenvalue weighted by atomic mass is 10.0. The third kappa shape index (κ3) is 5.39. The van der Waals surface area contributed by atoms with Crippen LogP contribution in [0.3, 0.4) is 0 Å². The minimum absolute atomic E-state index is 0.0761. The summed E-state index contributed by atoms with van der Waals surface area (Å²) in [6.45, 7) is 2.03. The molecule has 3 aromatic carbocycles. The maximum atomic E-state index is 12.6. The molecule has 0 saturated carbocycles. The van der Waals surface area contributed by atoms with Gasteiger partial charge in [0.1, 0.15) is 0 Å². The average molecular weight is 464 g/mol. The number of hydrogen-bond donors (Lipinski definition) is 2. The molecule has 1 amide bonds. The Kier molecular flexibility index (Phi) is 6.93. The van der Waals surface area contributed by atoms with E-state index in [1.165, 1.54) is 5.56 Å². The van der Waals surface area contributed by atoms with Crippen LogP contribution in [0.15, 0.2) is 78.9 Å². The number of carbonyl (C=O) groups is 1. The highest BCUT2D eigenvalue weighted by molar-refractivity contribution is 6.36. The van der Waals surface area contributed by atoms with Crippen molar-refractivity contribution >= 4 is 29.1 Å². The lowest BCUT2D eigenvalue weighted by Gasteiger charge is -2.14. The summed E-state index contributed by atoms with van der Waals surface area (Å²) in [6.07, 6.45) is 1.82. The molecule has 0 aliphatic carbocycles. The van der Waals surface area contributed by atoms with Gasteiger partial charge in [-0.2, -0.15) is 5.10 Å². The number of nitrogens with one attached hydrogen (secondary N) is 2. The van der Waals surface area contributed by atoms with Crippen molar-refractivity contribution in [1.82, 2.24) is 15.5 Å². The van der Waals surface area contributed by atoms with Crippen LogP contribution in [0.4, 0.5) is 0 Å². The second kappa shape index (κ2) is 10.0. The van der Waals surface area contributed by atoms with Gasteiger partial charge in [0.25, 0.3) is 5.91 Å². The van der Waals surface area contributed by atoms with E-state index in [1.54, 1.807) is 12.1 Å². The van der Waals surface area contributed by atoms with E-state index in [-0.39, 0.29) is 11.9 Å². The van der Waals surface area contributed by atoms with Gasteiger partial charge in [-0.1, -0.05) is 65.7 Å². The number of aryl methyl sites for hydroxylation is 1. The molecule has 1 atom stereocenters. The van der Waals surface area contributed by atoms with Crippen molar-refractivity contribution in [1.29, 1.82) is 0 Å². The summed E-state index contributed by atoms with van der Waals surface area (Å²) in [6, 6.07) is 25.1. The number of aromatic amines is 1. The number of carbonyl (C=O) groups excluding carboxylic acids is 1. The van der Waals surface area contributed by atoms with Crippen LogP contribution in [0.2, 0.25) is 10.0 Å². The Morgan fingerprint density at radius 3 is 2.47 bits per heavy atom. The highest BCUT2D eigenvalue weighted by atomic mass is 35.5. The van der Waals surface area contributed by atoms with Crippen LogP contribution in [0.1, 0.15) is 29.3 Å². The first-order valence-electron chi connectivity index (χ1n) is 10.5. The van der Waals surface area contributed by atoms with Gasteiger partial charge in [-0.25, -0.2) is 0 Å². The molecule has 1 aromatic heterocycles. The van der Waals surface area contributed by atoms with Crippen LogP contribution in [0, 0.1) is 0 Å². The lowest BCUT2D eigenvalue weighted by Crippen LogP contribution is -2.32. The number of hydrogen-bond acceptors (Lipinski definition) is 2. The summed E-state index contributed by atoms with van der Waals surface area (Å²) in [5.41, 5.74) is 5.21. The molecular formula is C26H23Cl2N3O. The number of amides is 1. The minimum Gasteiger partial charge on any atom is -0.350 e. The third-order valence-corrected chi connectivity index (χ3v) is 5.88. The van der Waals surface area contributed by atoms with Crippen LogP contribution in [-0.2, 0) is 6.42 Å². The van der Waals surface area contributed by atoms with Gasteiger partial charge in [-0.15, -0.1) is 0 Å².